The summed E-state index contributed by atoms with van der Waals surface area (Å²) in [5, 5.41) is 12.1. The molecule has 9 heteroatoms. The maximum Gasteiger partial charge on any atom is 0.265 e. The molecule has 0 radical (unpaired) electrons. The first kappa shape index (κ1) is 28.2. The number of ether oxygens (including phenoxy) is 1. The quantitative estimate of drug-likeness (QED) is 0.396. The SMILES string of the molecule is C=CC1CN2CCC1CC2C(O)c1ccnc2ccc(OC)cc12.CC1(C)C2CCC1(CS(=O)(=O)O)C(=O)C2. The van der Waals surface area contributed by atoms with Crippen LogP contribution in [-0.2, 0) is 14.9 Å². The van der Waals surface area contributed by atoms with Crippen molar-refractivity contribution in [3.8, 4) is 5.75 Å². The Morgan fingerprint density at radius 2 is 2.05 bits per heavy atom. The number of rotatable bonds is 6. The van der Waals surface area contributed by atoms with Crippen LogP contribution in [0.3, 0.4) is 0 Å². The van der Waals surface area contributed by atoms with Crippen LogP contribution in [0.25, 0.3) is 10.9 Å². The molecule has 0 spiro atoms. The number of carbonyl (C=O) groups excluding carboxylic acids is 1. The highest BCUT2D eigenvalue weighted by atomic mass is 32.2. The van der Waals surface area contributed by atoms with E-state index in [0.717, 1.165) is 48.1 Å². The fourth-order valence-corrected chi connectivity index (χ4v) is 9.16. The van der Waals surface area contributed by atoms with E-state index in [9.17, 15) is 18.3 Å². The number of methoxy groups -OCH3 is 1. The second-order valence-electron chi connectivity index (χ2n) is 12.4. The van der Waals surface area contributed by atoms with Gasteiger partial charge in [0.15, 0.2) is 0 Å². The standard InChI is InChI=1S/C20H24N2O2.C10H16O4S/c1-3-13-12-22-9-7-14(13)10-19(22)20(23)16-6-8-21-18-5-4-15(24-2)11-17(16)18;1-9(2)7-3-4-10(9,8(11)5-7)6-15(12,13)14/h3-6,8,11,13-14,19-20,23H,1,7,9-10,12H2,2H3;7H,3-6H2,1-2H3,(H,12,13,14). The summed E-state index contributed by atoms with van der Waals surface area (Å²) >= 11 is 0. The van der Waals surface area contributed by atoms with Gasteiger partial charge in [-0.05, 0) is 85.2 Å². The molecule has 212 valence electrons. The largest absolute Gasteiger partial charge is 0.497 e. The van der Waals surface area contributed by atoms with Gasteiger partial charge in [0.1, 0.15) is 11.5 Å². The Kier molecular flexibility index (Phi) is 7.41. The lowest BCUT2D eigenvalue weighted by molar-refractivity contribution is -0.128. The number of aliphatic hydroxyl groups excluding tert-OH is 1. The molecular formula is C30H40N2O6S. The number of hydrogen-bond donors (Lipinski definition) is 2. The minimum absolute atomic E-state index is 0.0152. The Morgan fingerprint density at radius 3 is 2.62 bits per heavy atom. The van der Waals surface area contributed by atoms with Gasteiger partial charge in [-0.1, -0.05) is 19.9 Å². The van der Waals surface area contributed by atoms with Crippen LogP contribution >= 0.6 is 0 Å². The van der Waals surface area contributed by atoms with Crippen molar-refractivity contribution in [2.45, 2.75) is 58.1 Å². The molecule has 4 heterocycles. The summed E-state index contributed by atoms with van der Waals surface area (Å²) in [6, 6.07) is 7.96. The van der Waals surface area contributed by atoms with Crippen molar-refractivity contribution in [3.63, 3.8) is 0 Å². The third-order valence-corrected chi connectivity index (χ3v) is 11.2. The minimum atomic E-state index is -4.08. The number of carbonyl (C=O) groups is 1. The van der Waals surface area contributed by atoms with Crippen LogP contribution < -0.4 is 4.74 Å². The third-order valence-electron chi connectivity index (χ3n) is 10.4. The van der Waals surface area contributed by atoms with Crippen LogP contribution in [0, 0.1) is 28.6 Å². The van der Waals surface area contributed by atoms with Gasteiger partial charge in [0.2, 0.25) is 0 Å². The zero-order valence-corrected chi connectivity index (χ0v) is 23.9. The van der Waals surface area contributed by atoms with Crippen LogP contribution in [0.15, 0.2) is 43.1 Å². The highest BCUT2D eigenvalue weighted by Gasteiger charge is 2.65. The van der Waals surface area contributed by atoms with Crippen LogP contribution in [0.1, 0.15) is 57.6 Å². The molecule has 7 rings (SSSR count). The first-order chi connectivity index (χ1) is 18.4. The molecule has 0 amide bonds. The first-order valence-electron chi connectivity index (χ1n) is 13.9. The van der Waals surface area contributed by atoms with Gasteiger partial charge in [0.25, 0.3) is 10.1 Å². The number of pyridine rings is 1. The Morgan fingerprint density at radius 1 is 1.28 bits per heavy atom. The number of aliphatic hydroxyl groups is 1. The van der Waals surface area contributed by atoms with Crippen molar-refractivity contribution < 1.29 is 27.6 Å². The van der Waals surface area contributed by atoms with E-state index < -0.39 is 27.4 Å². The van der Waals surface area contributed by atoms with Gasteiger partial charge in [-0.3, -0.25) is 19.2 Å². The normalized spacial score (nSPS) is 33.5. The lowest BCUT2D eigenvalue weighted by Gasteiger charge is -2.50. The molecule has 3 aliphatic heterocycles. The first-order valence-corrected chi connectivity index (χ1v) is 15.5. The molecule has 7 atom stereocenters. The highest BCUT2D eigenvalue weighted by molar-refractivity contribution is 7.85. The molecule has 7 unspecified atom stereocenters. The predicted octanol–water partition coefficient (Wildman–Crippen LogP) is 4.44. The zero-order valence-electron chi connectivity index (χ0n) is 23.0. The summed E-state index contributed by atoms with van der Waals surface area (Å²) < 4.78 is 36.3. The average Bonchev–Trinajstić information content (AvgIpc) is 3.26. The lowest BCUT2D eigenvalue weighted by atomic mass is 9.70. The molecule has 2 aromatic rings. The van der Waals surface area contributed by atoms with E-state index in [1.165, 1.54) is 6.42 Å². The van der Waals surface area contributed by atoms with E-state index in [1.54, 1.807) is 13.3 Å². The highest BCUT2D eigenvalue weighted by Crippen LogP contribution is 2.64. The summed E-state index contributed by atoms with van der Waals surface area (Å²) in [4.78, 5) is 18.7. The minimum Gasteiger partial charge on any atom is -0.497 e. The summed E-state index contributed by atoms with van der Waals surface area (Å²) in [7, 11) is -2.41. The summed E-state index contributed by atoms with van der Waals surface area (Å²) in [5.41, 5.74) is 0.726. The van der Waals surface area contributed by atoms with E-state index >= 15 is 0 Å². The average molecular weight is 557 g/mol. The number of nitrogens with zero attached hydrogens (tertiary/aromatic N) is 2. The molecule has 4 bridgehead atoms. The molecule has 8 nitrogen and oxygen atoms in total. The van der Waals surface area contributed by atoms with Crippen molar-refractivity contribution in [3.05, 3.63) is 48.7 Å². The number of hydrogen-bond acceptors (Lipinski definition) is 7. The van der Waals surface area contributed by atoms with E-state index in [4.69, 9.17) is 9.29 Å². The predicted molar refractivity (Wildman–Crippen MR) is 150 cm³/mol. The fourth-order valence-electron chi connectivity index (χ4n) is 7.86. The van der Waals surface area contributed by atoms with E-state index in [0.29, 0.717) is 24.7 Å². The number of Topliss-reactive ketones (excluding diaryl/α,β-unsaturated/α-hetero) is 1. The van der Waals surface area contributed by atoms with Crippen LogP contribution in [0.4, 0.5) is 0 Å². The van der Waals surface area contributed by atoms with Crippen molar-refractivity contribution in [2.24, 2.45) is 28.6 Å². The van der Waals surface area contributed by atoms with Gasteiger partial charge in [-0.2, -0.15) is 8.42 Å². The van der Waals surface area contributed by atoms with Crippen molar-refractivity contribution in [1.29, 1.82) is 0 Å². The molecule has 2 saturated carbocycles. The summed E-state index contributed by atoms with van der Waals surface area (Å²) in [6.07, 6.45) is 7.59. The van der Waals surface area contributed by atoms with Gasteiger partial charge >= 0.3 is 0 Å². The van der Waals surface area contributed by atoms with Crippen molar-refractivity contribution in [1.82, 2.24) is 9.88 Å². The Hall–Kier alpha value is -2.33. The number of benzene rings is 1. The summed E-state index contributed by atoms with van der Waals surface area (Å²) in [5.74, 6) is 1.91. The van der Waals surface area contributed by atoms with E-state index in [2.05, 4.69) is 22.5 Å². The lowest BCUT2D eigenvalue weighted by Crippen LogP contribution is -2.54. The van der Waals surface area contributed by atoms with Crippen LogP contribution in [0.5, 0.6) is 5.75 Å². The maximum absolute atomic E-state index is 11.9. The molecule has 3 saturated heterocycles. The Bertz CT molecular complexity index is 1370. The number of fused-ring (bicyclic) bond motifs is 6. The number of ketones is 1. The second-order valence-corrected chi connectivity index (χ2v) is 13.8. The van der Waals surface area contributed by atoms with Gasteiger partial charge in [0, 0.05) is 30.6 Å². The van der Waals surface area contributed by atoms with Gasteiger partial charge in [-0.25, -0.2) is 0 Å². The number of aromatic nitrogens is 1. The monoisotopic (exact) mass is 556 g/mol. The fraction of sp³-hybridized carbons (Fsp3) is 0.600. The Balaban J connectivity index is 0.000000177. The molecule has 2 aliphatic carbocycles. The molecule has 39 heavy (non-hydrogen) atoms. The van der Waals surface area contributed by atoms with Crippen LogP contribution in [0.2, 0.25) is 0 Å². The van der Waals surface area contributed by atoms with E-state index in [-0.39, 0.29) is 23.2 Å². The molecule has 5 fully saturated rings. The zero-order chi connectivity index (χ0) is 28.2. The summed E-state index contributed by atoms with van der Waals surface area (Å²) in [6.45, 7) is 9.96. The number of piperidine rings is 3. The van der Waals surface area contributed by atoms with Crippen LogP contribution in [-0.4, -0.2) is 65.7 Å². The van der Waals surface area contributed by atoms with Gasteiger partial charge < -0.3 is 9.84 Å². The third kappa shape index (κ3) is 4.92. The Labute approximate surface area is 231 Å². The van der Waals surface area contributed by atoms with Crippen molar-refractivity contribution in [2.75, 3.05) is 26.0 Å². The molecule has 1 aromatic carbocycles. The van der Waals surface area contributed by atoms with Gasteiger partial charge in [-0.15, -0.1) is 6.58 Å². The van der Waals surface area contributed by atoms with E-state index in [1.807, 2.05) is 38.1 Å². The molecular weight excluding hydrogens is 516 g/mol. The van der Waals surface area contributed by atoms with Gasteiger partial charge in [0.05, 0.1) is 29.9 Å². The smallest absolute Gasteiger partial charge is 0.265 e. The topological polar surface area (TPSA) is 117 Å². The molecule has 1 aromatic heterocycles. The molecule has 2 N–H and O–H groups in total. The second kappa shape index (κ2) is 10.3. The molecule has 5 aliphatic rings. The maximum atomic E-state index is 11.9. The van der Waals surface area contributed by atoms with Crippen molar-refractivity contribution >= 4 is 26.8 Å².